The molecule has 0 aliphatic heterocycles. The standard InChI is InChI=1S/C22H49NSi/c1-4-6-8-10-12-14-16-20-24(3,22-18-19-23)21-17-15-13-11-9-7-5-2/h4-23H2,1-3H3. The third kappa shape index (κ3) is 15.7. The molecule has 0 aromatic heterocycles. The van der Waals surface area contributed by atoms with E-state index in [4.69, 9.17) is 5.73 Å². The Bertz CT molecular complexity index is 224. The van der Waals surface area contributed by atoms with Crippen LogP contribution < -0.4 is 5.73 Å². The molecule has 0 saturated carbocycles. The van der Waals surface area contributed by atoms with Gasteiger partial charge in [0.2, 0.25) is 0 Å². The van der Waals surface area contributed by atoms with Gasteiger partial charge in [-0.25, -0.2) is 0 Å². The van der Waals surface area contributed by atoms with Crippen LogP contribution in [0.25, 0.3) is 0 Å². The molecule has 2 heteroatoms. The predicted octanol–water partition coefficient (Wildman–Crippen LogP) is 7.92. The summed E-state index contributed by atoms with van der Waals surface area (Å²) in [6.45, 7) is 8.18. The lowest BCUT2D eigenvalue weighted by atomic mass is 10.1. The van der Waals surface area contributed by atoms with Crippen LogP contribution in [-0.2, 0) is 0 Å². The summed E-state index contributed by atoms with van der Waals surface area (Å²) >= 11 is 0. The fraction of sp³-hybridized carbons (Fsp3) is 1.00. The summed E-state index contributed by atoms with van der Waals surface area (Å²) in [4.78, 5) is 0. The van der Waals surface area contributed by atoms with Crippen LogP contribution in [0.4, 0.5) is 0 Å². The van der Waals surface area contributed by atoms with Crippen LogP contribution in [0.5, 0.6) is 0 Å². The largest absolute Gasteiger partial charge is 0.330 e. The maximum Gasteiger partial charge on any atom is 0.0505 e. The second-order valence-corrected chi connectivity index (χ2v) is 13.6. The first kappa shape index (κ1) is 24.2. The van der Waals surface area contributed by atoms with E-state index in [0.29, 0.717) is 0 Å². The highest BCUT2D eigenvalue weighted by Gasteiger charge is 2.24. The van der Waals surface area contributed by atoms with Gasteiger partial charge in [0.25, 0.3) is 0 Å². The summed E-state index contributed by atoms with van der Waals surface area (Å²) in [6, 6.07) is 4.61. The van der Waals surface area contributed by atoms with Crippen molar-refractivity contribution in [1.82, 2.24) is 0 Å². The van der Waals surface area contributed by atoms with Gasteiger partial charge in [-0.15, -0.1) is 0 Å². The normalized spacial score (nSPS) is 12.0. The minimum absolute atomic E-state index is 0.899. The van der Waals surface area contributed by atoms with E-state index in [1.165, 1.54) is 102 Å². The van der Waals surface area contributed by atoms with E-state index in [1.807, 2.05) is 0 Å². The molecule has 0 aromatic rings. The van der Waals surface area contributed by atoms with Crippen LogP contribution in [0.15, 0.2) is 0 Å². The molecule has 0 aliphatic carbocycles. The number of rotatable bonds is 19. The molecule has 0 saturated heterocycles. The van der Waals surface area contributed by atoms with Crippen LogP contribution in [-0.4, -0.2) is 14.6 Å². The van der Waals surface area contributed by atoms with Crippen LogP contribution in [0.3, 0.4) is 0 Å². The molecule has 0 spiro atoms. The van der Waals surface area contributed by atoms with Crippen molar-refractivity contribution in [2.24, 2.45) is 5.73 Å². The molecule has 24 heavy (non-hydrogen) atoms. The van der Waals surface area contributed by atoms with Gasteiger partial charge in [-0.3, -0.25) is 0 Å². The van der Waals surface area contributed by atoms with Crippen molar-refractivity contribution in [3.63, 3.8) is 0 Å². The van der Waals surface area contributed by atoms with Crippen molar-refractivity contribution in [1.29, 1.82) is 0 Å². The lowest BCUT2D eigenvalue weighted by molar-refractivity contribution is 0.594. The smallest absolute Gasteiger partial charge is 0.0505 e. The molecule has 0 heterocycles. The van der Waals surface area contributed by atoms with Gasteiger partial charge in [-0.1, -0.05) is 128 Å². The zero-order valence-corrected chi connectivity index (χ0v) is 18.5. The molecular weight excluding hydrogens is 306 g/mol. The van der Waals surface area contributed by atoms with E-state index < -0.39 is 8.07 Å². The molecule has 0 aliphatic rings. The molecule has 0 bridgehead atoms. The Balaban J connectivity index is 3.81. The van der Waals surface area contributed by atoms with Crippen LogP contribution in [0.1, 0.15) is 110 Å². The van der Waals surface area contributed by atoms with Gasteiger partial charge in [0.15, 0.2) is 0 Å². The first-order valence-corrected chi connectivity index (χ1v) is 14.5. The zero-order valence-electron chi connectivity index (χ0n) is 17.5. The lowest BCUT2D eigenvalue weighted by Crippen LogP contribution is -2.30. The van der Waals surface area contributed by atoms with Gasteiger partial charge >= 0.3 is 0 Å². The van der Waals surface area contributed by atoms with Gasteiger partial charge in [0.1, 0.15) is 0 Å². The molecule has 0 fully saturated rings. The van der Waals surface area contributed by atoms with Gasteiger partial charge in [0.05, 0.1) is 8.07 Å². The number of hydrogen-bond acceptors (Lipinski definition) is 1. The highest BCUT2D eigenvalue weighted by atomic mass is 28.3. The highest BCUT2D eigenvalue weighted by molar-refractivity contribution is 6.78. The highest BCUT2D eigenvalue weighted by Crippen LogP contribution is 2.28. The lowest BCUT2D eigenvalue weighted by Gasteiger charge is -2.28. The Morgan fingerprint density at radius 3 is 1.21 bits per heavy atom. The Morgan fingerprint density at radius 1 is 0.500 bits per heavy atom. The van der Waals surface area contributed by atoms with E-state index in [9.17, 15) is 0 Å². The van der Waals surface area contributed by atoms with Crippen molar-refractivity contribution in [2.75, 3.05) is 6.54 Å². The molecular formula is C22H49NSi. The molecule has 1 nitrogen and oxygen atoms in total. The first-order valence-electron chi connectivity index (χ1n) is 11.4. The average molecular weight is 356 g/mol. The van der Waals surface area contributed by atoms with Crippen molar-refractivity contribution in [3.8, 4) is 0 Å². The molecule has 0 rings (SSSR count). The fourth-order valence-corrected chi connectivity index (χ4v) is 7.94. The van der Waals surface area contributed by atoms with Crippen LogP contribution in [0, 0.1) is 0 Å². The van der Waals surface area contributed by atoms with Gasteiger partial charge in [-0.2, -0.15) is 0 Å². The molecule has 0 atom stereocenters. The average Bonchev–Trinajstić information content (AvgIpc) is 2.58. The molecule has 146 valence electrons. The topological polar surface area (TPSA) is 26.0 Å². The molecule has 0 unspecified atom stereocenters. The zero-order chi connectivity index (χ0) is 17.9. The van der Waals surface area contributed by atoms with Crippen molar-refractivity contribution in [2.45, 2.75) is 135 Å². The fourth-order valence-electron chi connectivity index (χ4n) is 3.92. The van der Waals surface area contributed by atoms with Gasteiger partial charge in [-0.05, 0) is 13.0 Å². The Kier molecular flexibility index (Phi) is 18.1. The maximum absolute atomic E-state index is 5.80. The molecule has 0 radical (unpaired) electrons. The van der Waals surface area contributed by atoms with Crippen molar-refractivity contribution in [3.05, 3.63) is 0 Å². The summed E-state index contributed by atoms with van der Waals surface area (Å²) in [6.07, 6.45) is 21.6. The van der Waals surface area contributed by atoms with Crippen LogP contribution >= 0.6 is 0 Å². The van der Waals surface area contributed by atoms with Gasteiger partial charge < -0.3 is 5.73 Å². The minimum Gasteiger partial charge on any atom is -0.330 e. The predicted molar refractivity (Wildman–Crippen MR) is 116 cm³/mol. The van der Waals surface area contributed by atoms with E-state index in [0.717, 1.165) is 6.54 Å². The number of unbranched alkanes of at least 4 members (excludes halogenated alkanes) is 12. The third-order valence-corrected chi connectivity index (χ3v) is 10.4. The second-order valence-electron chi connectivity index (χ2n) is 8.45. The summed E-state index contributed by atoms with van der Waals surface area (Å²) in [5, 5.41) is 0. The quantitative estimate of drug-likeness (QED) is 0.185. The summed E-state index contributed by atoms with van der Waals surface area (Å²) in [5.74, 6) is 0. The van der Waals surface area contributed by atoms with Crippen molar-refractivity contribution < 1.29 is 0 Å². The summed E-state index contributed by atoms with van der Waals surface area (Å²) in [5.41, 5.74) is 5.80. The summed E-state index contributed by atoms with van der Waals surface area (Å²) < 4.78 is 0. The minimum atomic E-state index is -1.00. The number of hydrogen-bond donors (Lipinski definition) is 1. The van der Waals surface area contributed by atoms with E-state index in [1.54, 1.807) is 12.1 Å². The van der Waals surface area contributed by atoms with Gasteiger partial charge in [0, 0.05) is 0 Å². The first-order chi connectivity index (χ1) is 11.7. The second kappa shape index (κ2) is 18.0. The number of nitrogens with two attached hydrogens (primary N) is 1. The molecule has 0 amide bonds. The molecule has 2 N–H and O–H groups in total. The Hall–Kier alpha value is 0.177. The SMILES string of the molecule is CCCCCCCCC[Si](C)(CCCN)CCCCCCCCC. The van der Waals surface area contributed by atoms with E-state index in [-0.39, 0.29) is 0 Å². The summed E-state index contributed by atoms with van der Waals surface area (Å²) in [7, 11) is -1.00. The van der Waals surface area contributed by atoms with E-state index in [2.05, 4.69) is 20.4 Å². The molecule has 0 aromatic carbocycles. The van der Waals surface area contributed by atoms with E-state index >= 15 is 0 Å². The Labute approximate surface area is 155 Å². The Morgan fingerprint density at radius 2 is 0.833 bits per heavy atom. The maximum atomic E-state index is 5.80. The third-order valence-electron chi connectivity index (χ3n) is 5.75. The van der Waals surface area contributed by atoms with Crippen LogP contribution in [0.2, 0.25) is 24.7 Å². The monoisotopic (exact) mass is 355 g/mol. The van der Waals surface area contributed by atoms with Crippen molar-refractivity contribution >= 4 is 8.07 Å².